The van der Waals surface area contributed by atoms with Crippen LogP contribution in [0, 0.1) is 6.92 Å². The minimum Gasteiger partial charge on any atom is -0.128 e. The number of aryl methyl sites for hydroxylation is 1. The van der Waals surface area contributed by atoms with E-state index in [2.05, 4.69) is 72.3 Å². The Bertz CT molecular complexity index is 1110. The lowest BCUT2D eigenvalue weighted by Gasteiger charge is -2.10. The van der Waals surface area contributed by atoms with Crippen molar-refractivity contribution in [3.8, 4) is 0 Å². The van der Waals surface area contributed by atoms with Gasteiger partial charge in [-0.15, -0.1) is 11.3 Å². The normalized spacial score (nSPS) is 15.6. The summed E-state index contributed by atoms with van der Waals surface area (Å²) in [5, 5.41) is 1.42. The van der Waals surface area contributed by atoms with Crippen LogP contribution in [0.1, 0.15) is 47.6 Å². The van der Waals surface area contributed by atoms with Gasteiger partial charge >= 0.3 is 0 Å². The van der Waals surface area contributed by atoms with E-state index in [1.165, 1.54) is 42.5 Å². The molecule has 0 unspecified atom stereocenters. The Morgan fingerprint density at radius 3 is 2.73 bits per heavy atom. The number of halogens is 1. The summed E-state index contributed by atoms with van der Waals surface area (Å²) in [7, 11) is 0. The maximum atomic E-state index is 3.66. The smallest absolute Gasteiger partial charge is 0.0711 e. The summed E-state index contributed by atoms with van der Waals surface area (Å²) in [6, 6.07) is 13.5. The number of fused-ring (bicyclic) bond motifs is 3. The Hall–Kier alpha value is -1.64. The first kappa shape index (κ1) is 16.5. The molecule has 2 aromatic carbocycles. The van der Waals surface area contributed by atoms with E-state index in [1.54, 1.807) is 22.3 Å². The van der Waals surface area contributed by atoms with Gasteiger partial charge in [0.1, 0.15) is 0 Å². The first-order chi connectivity index (χ1) is 12.6. The fourth-order valence-corrected chi connectivity index (χ4v) is 6.24. The molecule has 0 saturated heterocycles. The Morgan fingerprint density at radius 2 is 1.88 bits per heavy atom. The molecule has 2 heteroatoms. The van der Waals surface area contributed by atoms with Gasteiger partial charge in [-0.25, -0.2) is 0 Å². The molecule has 2 aliphatic carbocycles. The highest BCUT2D eigenvalue weighted by Crippen LogP contribution is 2.44. The SMILES string of the molecule is CC1=C(CCC2=Cc3ccccc3C2)c2cc3sc(Br)cc3c(C)c2C1. The lowest BCUT2D eigenvalue weighted by molar-refractivity contribution is 0.956. The molecule has 0 spiro atoms. The van der Waals surface area contributed by atoms with Gasteiger partial charge in [0, 0.05) is 4.70 Å². The first-order valence-corrected chi connectivity index (χ1v) is 10.9. The fraction of sp³-hybridized carbons (Fsp3) is 0.250. The molecule has 0 atom stereocenters. The minimum atomic E-state index is 1.12. The molecule has 0 radical (unpaired) electrons. The van der Waals surface area contributed by atoms with Crippen LogP contribution in [-0.2, 0) is 12.8 Å². The van der Waals surface area contributed by atoms with E-state index >= 15 is 0 Å². The number of thiophene rings is 1. The highest BCUT2D eigenvalue weighted by molar-refractivity contribution is 9.11. The minimum absolute atomic E-state index is 1.12. The van der Waals surface area contributed by atoms with E-state index in [0.717, 1.165) is 19.3 Å². The number of rotatable bonds is 3. The average Bonchev–Trinajstić information content (AvgIpc) is 3.28. The number of hydrogen-bond acceptors (Lipinski definition) is 1. The maximum Gasteiger partial charge on any atom is 0.0711 e. The topological polar surface area (TPSA) is 0 Å². The van der Waals surface area contributed by atoms with E-state index < -0.39 is 0 Å². The molecule has 0 N–H and O–H groups in total. The molecule has 26 heavy (non-hydrogen) atoms. The van der Waals surface area contributed by atoms with Crippen LogP contribution in [0.5, 0.6) is 0 Å². The summed E-state index contributed by atoms with van der Waals surface area (Å²) in [6.07, 6.45) is 7.00. The van der Waals surface area contributed by atoms with Crippen molar-refractivity contribution < 1.29 is 0 Å². The number of allylic oxidation sites excluding steroid dienone is 3. The molecule has 1 aromatic heterocycles. The molecule has 0 saturated carbocycles. The van der Waals surface area contributed by atoms with Crippen molar-refractivity contribution in [1.29, 1.82) is 0 Å². The standard InChI is InChI=1S/C24H21BrS/c1-14-9-20-15(2)21-13-24(25)26-23(21)12-22(20)19(14)8-7-16-10-17-5-3-4-6-18(17)11-16/h3-6,10,12-13H,7-9,11H2,1-2H3. The summed E-state index contributed by atoms with van der Waals surface area (Å²) < 4.78 is 2.64. The van der Waals surface area contributed by atoms with Gasteiger partial charge in [-0.2, -0.15) is 0 Å². The number of hydrogen-bond donors (Lipinski definition) is 0. The Balaban J connectivity index is 1.44. The van der Waals surface area contributed by atoms with Crippen LogP contribution >= 0.6 is 27.3 Å². The van der Waals surface area contributed by atoms with Crippen molar-refractivity contribution in [1.82, 2.24) is 0 Å². The molecular formula is C24H21BrS. The van der Waals surface area contributed by atoms with E-state index in [9.17, 15) is 0 Å². The van der Waals surface area contributed by atoms with Gasteiger partial charge in [-0.1, -0.05) is 41.5 Å². The van der Waals surface area contributed by atoms with Crippen molar-refractivity contribution in [2.45, 2.75) is 39.5 Å². The number of benzene rings is 2. The van der Waals surface area contributed by atoms with Gasteiger partial charge < -0.3 is 0 Å². The second-order valence-corrected chi connectivity index (χ2v) is 10.1. The molecular weight excluding hydrogens is 400 g/mol. The van der Waals surface area contributed by atoms with Crippen molar-refractivity contribution in [3.05, 3.63) is 79.1 Å². The van der Waals surface area contributed by atoms with Crippen LogP contribution < -0.4 is 0 Å². The summed E-state index contributed by atoms with van der Waals surface area (Å²) in [6.45, 7) is 4.63. The van der Waals surface area contributed by atoms with Crippen molar-refractivity contribution >= 4 is 49.0 Å². The van der Waals surface area contributed by atoms with Crippen LogP contribution in [0.15, 0.2) is 51.3 Å². The quantitative estimate of drug-likeness (QED) is 0.406. The molecule has 2 aliphatic rings. The van der Waals surface area contributed by atoms with Crippen LogP contribution in [0.25, 0.3) is 21.7 Å². The van der Waals surface area contributed by atoms with E-state index in [4.69, 9.17) is 0 Å². The Labute approximate surface area is 167 Å². The second-order valence-electron chi connectivity index (χ2n) is 7.60. The van der Waals surface area contributed by atoms with Crippen LogP contribution in [0.2, 0.25) is 0 Å². The summed E-state index contributed by atoms with van der Waals surface area (Å²) in [5.74, 6) is 0. The molecule has 3 aromatic rings. The van der Waals surface area contributed by atoms with Gasteiger partial charge in [-0.3, -0.25) is 0 Å². The molecule has 0 nitrogen and oxygen atoms in total. The fourth-order valence-electron chi connectivity index (χ4n) is 4.60. The van der Waals surface area contributed by atoms with Gasteiger partial charge in [-0.05, 0) is 106 Å². The zero-order valence-electron chi connectivity index (χ0n) is 15.2. The lowest BCUT2D eigenvalue weighted by Crippen LogP contribution is -1.91. The monoisotopic (exact) mass is 420 g/mol. The van der Waals surface area contributed by atoms with Crippen molar-refractivity contribution in [3.63, 3.8) is 0 Å². The Kier molecular flexibility index (Phi) is 3.95. The molecule has 1 heterocycles. The summed E-state index contributed by atoms with van der Waals surface area (Å²) in [5.41, 5.74) is 12.2. The summed E-state index contributed by atoms with van der Waals surface area (Å²) >= 11 is 5.52. The highest BCUT2D eigenvalue weighted by atomic mass is 79.9. The van der Waals surface area contributed by atoms with Gasteiger partial charge in [0.15, 0.2) is 0 Å². The maximum absolute atomic E-state index is 3.66. The molecule has 5 rings (SSSR count). The average molecular weight is 421 g/mol. The van der Waals surface area contributed by atoms with Crippen LogP contribution in [0.4, 0.5) is 0 Å². The molecule has 130 valence electrons. The third kappa shape index (κ3) is 2.62. The second kappa shape index (κ2) is 6.21. The zero-order chi connectivity index (χ0) is 17.8. The predicted octanol–water partition coefficient (Wildman–Crippen LogP) is 7.72. The molecule has 0 fully saturated rings. The van der Waals surface area contributed by atoms with Gasteiger partial charge in [0.2, 0.25) is 0 Å². The predicted molar refractivity (Wildman–Crippen MR) is 118 cm³/mol. The van der Waals surface area contributed by atoms with Crippen LogP contribution in [-0.4, -0.2) is 0 Å². The van der Waals surface area contributed by atoms with Gasteiger partial charge in [0.25, 0.3) is 0 Å². The molecule has 0 aliphatic heterocycles. The third-order valence-electron chi connectivity index (χ3n) is 6.00. The van der Waals surface area contributed by atoms with Crippen molar-refractivity contribution in [2.24, 2.45) is 0 Å². The van der Waals surface area contributed by atoms with E-state index in [0.29, 0.717) is 0 Å². The highest BCUT2D eigenvalue weighted by Gasteiger charge is 2.23. The van der Waals surface area contributed by atoms with Crippen LogP contribution in [0.3, 0.4) is 0 Å². The largest absolute Gasteiger partial charge is 0.128 e. The van der Waals surface area contributed by atoms with E-state index in [1.807, 2.05) is 11.3 Å². The summed E-state index contributed by atoms with van der Waals surface area (Å²) in [4.78, 5) is 0. The van der Waals surface area contributed by atoms with E-state index in [-0.39, 0.29) is 0 Å². The Morgan fingerprint density at radius 1 is 1.04 bits per heavy atom. The third-order valence-corrected chi connectivity index (χ3v) is 7.58. The molecule has 0 bridgehead atoms. The van der Waals surface area contributed by atoms with Crippen molar-refractivity contribution in [2.75, 3.05) is 0 Å². The zero-order valence-corrected chi connectivity index (χ0v) is 17.6. The lowest BCUT2D eigenvalue weighted by atomic mass is 9.95. The molecule has 0 amide bonds. The van der Waals surface area contributed by atoms with Gasteiger partial charge in [0.05, 0.1) is 3.79 Å². The first-order valence-electron chi connectivity index (χ1n) is 9.28.